The maximum absolute atomic E-state index is 12.7. The third-order valence-corrected chi connectivity index (χ3v) is 3.25. The number of halogens is 3. The van der Waals surface area contributed by atoms with Crippen molar-refractivity contribution in [2.75, 3.05) is 13.7 Å². The van der Waals surface area contributed by atoms with E-state index < -0.39 is 11.7 Å². The van der Waals surface area contributed by atoms with Gasteiger partial charge in [-0.15, -0.1) is 0 Å². The second kappa shape index (κ2) is 7.81. The van der Waals surface area contributed by atoms with Gasteiger partial charge >= 0.3 is 6.18 Å². The van der Waals surface area contributed by atoms with Crippen molar-refractivity contribution in [1.82, 2.24) is 0 Å². The minimum absolute atomic E-state index is 0.100. The van der Waals surface area contributed by atoms with Crippen LogP contribution in [0.15, 0.2) is 52.3 Å². The zero-order valence-corrected chi connectivity index (χ0v) is 13.2. The number of oxime groups is 2. The molecule has 0 saturated carbocycles. The monoisotopic (exact) mass is 337 g/mol. The van der Waals surface area contributed by atoms with Gasteiger partial charge in [-0.05, 0) is 30.7 Å². The summed E-state index contributed by atoms with van der Waals surface area (Å²) in [6.07, 6.45) is 2.80. The van der Waals surface area contributed by atoms with E-state index in [4.69, 9.17) is 9.68 Å². The van der Waals surface area contributed by atoms with Crippen LogP contribution in [0.4, 0.5) is 13.2 Å². The van der Waals surface area contributed by atoms with Gasteiger partial charge < -0.3 is 9.68 Å². The van der Waals surface area contributed by atoms with Crippen molar-refractivity contribution >= 4 is 11.4 Å². The number of hydrogen-bond donors (Lipinski definition) is 0. The van der Waals surface area contributed by atoms with Crippen molar-refractivity contribution in [2.45, 2.75) is 19.5 Å². The lowest BCUT2D eigenvalue weighted by Gasteiger charge is -2.11. The molecule has 0 heterocycles. The van der Waals surface area contributed by atoms with Crippen LogP contribution in [0.2, 0.25) is 0 Å². The predicted molar refractivity (Wildman–Crippen MR) is 84.6 cm³/mol. The Balaban J connectivity index is 2.06. The molecule has 1 aliphatic rings. The number of benzene rings is 1. The summed E-state index contributed by atoms with van der Waals surface area (Å²) in [4.78, 5) is 9.98. The second-order valence-electron chi connectivity index (χ2n) is 4.98. The number of allylic oxidation sites excluding steroid dienone is 3. The van der Waals surface area contributed by atoms with Crippen LogP contribution in [-0.2, 0) is 15.9 Å². The molecule has 1 aliphatic carbocycles. The highest BCUT2D eigenvalue weighted by molar-refractivity contribution is 6.01. The molecule has 0 saturated heterocycles. The zero-order valence-electron chi connectivity index (χ0n) is 13.2. The van der Waals surface area contributed by atoms with E-state index in [1.807, 2.05) is 6.08 Å². The number of hydrogen-bond acceptors (Lipinski definition) is 4. The van der Waals surface area contributed by atoms with Gasteiger partial charge in [-0.1, -0.05) is 34.6 Å². The van der Waals surface area contributed by atoms with Crippen molar-refractivity contribution in [3.05, 3.63) is 59.2 Å². The van der Waals surface area contributed by atoms with Gasteiger partial charge in [0.1, 0.15) is 13.7 Å². The number of nitrogens with zero attached hydrogens (tertiary/aromatic N) is 2. The van der Waals surface area contributed by atoms with Gasteiger partial charge in [0.2, 0.25) is 0 Å². The lowest BCUT2D eigenvalue weighted by molar-refractivity contribution is -0.137. The van der Waals surface area contributed by atoms with Gasteiger partial charge in [-0.3, -0.25) is 0 Å². The van der Waals surface area contributed by atoms with Crippen molar-refractivity contribution in [3.63, 3.8) is 0 Å². The van der Waals surface area contributed by atoms with Gasteiger partial charge in [0.15, 0.2) is 0 Å². The first-order valence-electron chi connectivity index (χ1n) is 7.13. The third-order valence-electron chi connectivity index (χ3n) is 3.25. The smallest absolute Gasteiger partial charge is 0.399 e. The topological polar surface area (TPSA) is 43.2 Å². The molecule has 1 aromatic rings. The summed E-state index contributed by atoms with van der Waals surface area (Å²) in [6.45, 7) is 1.68. The van der Waals surface area contributed by atoms with Crippen molar-refractivity contribution in [3.8, 4) is 0 Å². The highest BCUT2D eigenvalue weighted by Gasteiger charge is 2.30. The fourth-order valence-electron chi connectivity index (χ4n) is 2.03. The molecule has 0 spiro atoms. The molecule has 0 aromatic heterocycles. The van der Waals surface area contributed by atoms with E-state index in [1.54, 1.807) is 19.1 Å². The van der Waals surface area contributed by atoms with Crippen LogP contribution in [0.1, 0.15) is 24.5 Å². The van der Waals surface area contributed by atoms with Crippen LogP contribution in [0.25, 0.3) is 0 Å². The average molecular weight is 337 g/mol. The normalized spacial score (nSPS) is 17.0. The maximum atomic E-state index is 12.7. The van der Waals surface area contributed by atoms with Gasteiger partial charge in [0, 0.05) is 12.0 Å². The van der Waals surface area contributed by atoms with Gasteiger partial charge in [-0.2, -0.15) is 13.2 Å². The molecule has 0 aliphatic heterocycles. The largest absolute Gasteiger partial charge is 0.416 e. The summed E-state index contributed by atoms with van der Waals surface area (Å²) in [7, 11) is 1.44. The average Bonchev–Trinajstić information content (AvgIpc) is 2.56. The summed E-state index contributed by atoms with van der Waals surface area (Å²) in [5.41, 5.74) is 1.32. The molecule has 127 valence electrons. The maximum Gasteiger partial charge on any atom is 0.416 e. The summed E-state index contributed by atoms with van der Waals surface area (Å²) in [6, 6.07) is 4.93. The number of rotatable bonds is 5. The number of alkyl halides is 3. The Morgan fingerprint density at radius 2 is 2.12 bits per heavy atom. The van der Waals surface area contributed by atoms with Gasteiger partial charge in [-0.25, -0.2) is 0 Å². The molecule has 2 rings (SSSR count). The SMILES string of the molecule is CON=C1CC=C[C]=C1CON=C(C)c1cccc(C(F)(F)F)c1. The third kappa shape index (κ3) is 4.71. The Kier molecular flexibility index (Phi) is 5.78. The molecule has 1 aromatic carbocycles. The fourth-order valence-corrected chi connectivity index (χ4v) is 2.03. The second-order valence-corrected chi connectivity index (χ2v) is 4.98. The highest BCUT2D eigenvalue weighted by Crippen LogP contribution is 2.29. The quantitative estimate of drug-likeness (QED) is 0.599. The minimum Gasteiger partial charge on any atom is -0.399 e. The first-order valence-corrected chi connectivity index (χ1v) is 7.13. The van der Waals surface area contributed by atoms with Crippen LogP contribution < -0.4 is 0 Å². The van der Waals surface area contributed by atoms with Crippen LogP contribution in [-0.4, -0.2) is 25.1 Å². The molecule has 0 amide bonds. The van der Waals surface area contributed by atoms with E-state index in [0.29, 0.717) is 29.0 Å². The standard InChI is InChI=1S/C17H16F3N2O2/c1-12(13-7-5-8-15(10-13)17(18,19)20)21-24-11-14-6-3-4-9-16(14)22-23-2/h3-5,7-8,10H,9,11H2,1-2H3. The Morgan fingerprint density at radius 3 is 2.83 bits per heavy atom. The van der Waals surface area contributed by atoms with E-state index in [0.717, 1.165) is 12.1 Å². The minimum atomic E-state index is -4.39. The van der Waals surface area contributed by atoms with Gasteiger partial charge in [0.05, 0.1) is 17.0 Å². The van der Waals surface area contributed by atoms with Gasteiger partial charge in [0.25, 0.3) is 0 Å². The van der Waals surface area contributed by atoms with Crippen molar-refractivity contribution < 1.29 is 22.8 Å². The molecule has 7 heteroatoms. The summed E-state index contributed by atoms with van der Waals surface area (Å²) >= 11 is 0. The zero-order chi connectivity index (χ0) is 17.6. The summed E-state index contributed by atoms with van der Waals surface area (Å²) in [5, 5.41) is 7.75. The molecule has 0 fully saturated rings. The molecule has 24 heavy (non-hydrogen) atoms. The summed E-state index contributed by atoms with van der Waals surface area (Å²) < 4.78 is 38.2. The first-order chi connectivity index (χ1) is 11.4. The van der Waals surface area contributed by atoms with Crippen molar-refractivity contribution in [1.29, 1.82) is 0 Å². The Morgan fingerprint density at radius 1 is 1.33 bits per heavy atom. The molecule has 0 atom stereocenters. The lowest BCUT2D eigenvalue weighted by Crippen LogP contribution is -2.11. The molecule has 0 bridgehead atoms. The molecule has 1 radical (unpaired) electrons. The van der Waals surface area contributed by atoms with Crippen molar-refractivity contribution in [2.24, 2.45) is 10.3 Å². The molecule has 0 N–H and O–H groups in total. The van der Waals surface area contributed by atoms with E-state index >= 15 is 0 Å². The summed E-state index contributed by atoms with van der Waals surface area (Å²) in [5.74, 6) is 0. The molecule has 4 nitrogen and oxygen atoms in total. The van der Waals surface area contributed by atoms with Crippen LogP contribution in [0.3, 0.4) is 0 Å². The Bertz CT molecular complexity index is 704. The molecule has 0 unspecified atom stereocenters. The van der Waals surface area contributed by atoms with Crippen LogP contribution in [0, 0.1) is 6.08 Å². The first kappa shape index (κ1) is 17.8. The van der Waals surface area contributed by atoms with E-state index in [2.05, 4.69) is 16.4 Å². The predicted octanol–water partition coefficient (Wildman–Crippen LogP) is 4.14. The van der Waals surface area contributed by atoms with Crippen LogP contribution in [0.5, 0.6) is 0 Å². The van der Waals surface area contributed by atoms with E-state index in [9.17, 15) is 13.2 Å². The Hall–Kier alpha value is -2.57. The lowest BCUT2D eigenvalue weighted by atomic mass is 10.0. The fraction of sp³-hybridized carbons (Fsp3) is 0.294. The molecular formula is C17H16F3N2O2. The molecular weight excluding hydrogens is 321 g/mol. The van der Waals surface area contributed by atoms with E-state index in [1.165, 1.54) is 13.2 Å². The van der Waals surface area contributed by atoms with E-state index in [-0.39, 0.29) is 6.61 Å². The Labute approximate surface area is 137 Å². The van der Waals surface area contributed by atoms with Crippen LogP contribution >= 0.6 is 0 Å². The highest BCUT2D eigenvalue weighted by atomic mass is 19.4.